The number of alkyl halides is 3. The Morgan fingerprint density at radius 2 is 1.79 bits per heavy atom. The van der Waals surface area contributed by atoms with Crippen LogP contribution in [0, 0.1) is 0 Å². The van der Waals surface area contributed by atoms with Crippen molar-refractivity contribution in [3.63, 3.8) is 0 Å². The summed E-state index contributed by atoms with van der Waals surface area (Å²) in [5.74, 6) is -0.839. The molecule has 0 bridgehead atoms. The Morgan fingerprint density at radius 3 is 2.46 bits per heavy atom. The predicted molar refractivity (Wildman–Crippen MR) is 80.8 cm³/mol. The van der Waals surface area contributed by atoms with Gasteiger partial charge in [0.25, 0.3) is 0 Å². The highest BCUT2D eigenvalue weighted by Crippen LogP contribution is 2.63. The van der Waals surface area contributed by atoms with Crippen molar-refractivity contribution >= 4 is 11.6 Å². The standard InChI is InChI=1S/C17H18ClF3O3/c18-12-4-1-3-11-13(12)16(22,17(19,20)21)10-14(11)5-2-6-15(9-14)23-7-8-24-15/h1,3-4,22H,2,5-10H2/t14-,16?/m1/s1. The van der Waals surface area contributed by atoms with Crippen LogP contribution in [-0.4, -0.2) is 30.3 Å². The number of aliphatic hydroxyl groups is 1. The Hall–Kier alpha value is -0.820. The molecule has 1 aliphatic heterocycles. The fourth-order valence-electron chi connectivity index (χ4n) is 4.81. The van der Waals surface area contributed by atoms with E-state index in [-0.39, 0.29) is 10.6 Å². The maximum Gasteiger partial charge on any atom is 0.421 e. The van der Waals surface area contributed by atoms with Crippen molar-refractivity contribution in [3.8, 4) is 0 Å². The van der Waals surface area contributed by atoms with Gasteiger partial charge in [0.2, 0.25) is 0 Å². The van der Waals surface area contributed by atoms with Gasteiger partial charge in [0.1, 0.15) is 0 Å². The molecule has 132 valence electrons. The predicted octanol–water partition coefficient (Wildman–Crippen LogP) is 4.05. The first-order valence-corrected chi connectivity index (χ1v) is 8.46. The van der Waals surface area contributed by atoms with Crippen LogP contribution in [0.3, 0.4) is 0 Å². The molecule has 1 N–H and O–H groups in total. The second kappa shape index (κ2) is 5.10. The van der Waals surface area contributed by atoms with Gasteiger partial charge in [-0.1, -0.05) is 23.7 Å². The molecular formula is C17H18ClF3O3. The molecule has 3 nitrogen and oxygen atoms in total. The van der Waals surface area contributed by atoms with E-state index in [1.165, 1.54) is 6.07 Å². The summed E-state index contributed by atoms with van der Waals surface area (Å²) in [4.78, 5) is 0. The molecule has 4 rings (SSSR count). The van der Waals surface area contributed by atoms with Crippen molar-refractivity contribution in [2.45, 2.75) is 55.1 Å². The summed E-state index contributed by atoms with van der Waals surface area (Å²) in [6.45, 7) is 0.893. The number of hydrogen-bond donors (Lipinski definition) is 1. The highest BCUT2D eigenvalue weighted by Gasteiger charge is 2.67. The van der Waals surface area contributed by atoms with E-state index in [9.17, 15) is 18.3 Å². The Kier molecular flexibility index (Phi) is 3.53. The van der Waals surface area contributed by atoms with Crippen LogP contribution in [0.5, 0.6) is 0 Å². The molecular weight excluding hydrogens is 345 g/mol. The molecule has 0 amide bonds. The molecule has 24 heavy (non-hydrogen) atoms. The molecule has 3 aliphatic rings. The van der Waals surface area contributed by atoms with Crippen LogP contribution in [0.15, 0.2) is 18.2 Å². The molecule has 2 fully saturated rings. The van der Waals surface area contributed by atoms with Gasteiger partial charge in [0.15, 0.2) is 11.4 Å². The SMILES string of the molecule is OC1(C(F)(F)F)C[C@]2(CCCC3(C2)OCCO3)c2cccc(Cl)c21. The summed E-state index contributed by atoms with van der Waals surface area (Å²) in [6.07, 6.45) is -3.02. The third-order valence-electron chi connectivity index (χ3n) is 5.70. The lowest BCUT2D eigenvalue weighted by Crippen LogP contribution is -2.47. The minimum atomic E-state index is -4.79. The average molecular weight is 363 g/mol. The average Bonchev–Trinajstić information content (AvgIpc) is 3.02. The summed E-state index contributed by atoms with van der Waals surface area (Å²) in [5, 5.41) is 10.6. The molecule has 0 radical (unpaired) electrons. The number of rotatable bonds is 0. The van der Waals surface area contributed by atoms with E-state index in [0.29, 0.717) is 44.5 Å². The Morgan fingerprint density at radius 1 is 1.08 bits per heavy atom. The van der Waals surface area contributed by atoms with Gasteiger partial charge in [-0.3, -0.25) is 0 Å². The van der Waals surface area contributed by atoms with Gasteiger partial charge in [-0.2, -0.15) is 13.2 Å². The number of hydrogen-bond acceptors (Lipinski definition) is 3. The van der Waals surface area contributed by atoms with E-state index >= 15 is 0 Å². The number of ether oxygens (including phenoxy) is 2. The summed E-state index contributed by atoms with van der Waals surface area (Å²) >= 11 is 6.09. The molecule has 7 heteroatoms. The zero-order chi connectivity index (χ0) is 17.2. The van der Waals surface area contributed by atoms with Gasteiger partial charge in [0.05, 0.1) is 13.2 Å². The summed E-state index contributed by atoms with van der Waals surface area (Å²) in [6, 6.07) is 4.69. The maximum atomic E-state index is 13.7. The van der Waals surface area contributed by atoms with Gasteiger partial charge >= 0.3 is 6.18 Å². The quantitative estimate of drug-likeness (QED) is 0.756. The summed E-state index contributed by atoms with van der Waals surface area (Å²) in [7, 11) is 0. The van der Waals surface area contributed by atoms with E-state index in [2.05, 4.69) is 0 Å². The molecule has 1 saturated heterocycles. The van der Waals surface area contributed by atoms with Crippen LogP contribution in [0.1, 0.15) is 43.2 Å². The number of benzene rings is 1. The fourth-order valence-corrected chi connectivity index (χ4v) is 5.15. The van der Waals surface area contributed by atoms with Crippen LogP contribution < -0.4 is 0 Å². The van der Waals surface area contributed by atoms with Crippen LogP contribution in [0.4, 0.5) is 13.2 Å². The lowest BCUT2D eigenvalue weighted by Gasteiger charge is -2.44. The van der Waals surface area contributed by atoms with Crippen molar-refractivity contribution < 1.29 is 27.8 Å². The monoisotopic (exact) mass is 362 g/mol. The second-order valence-electron chi connectivity index (χ2n) is 7.12. The smallest absolute Gasteiger partial charge is 0.376 e. The Balaban J connectivity index is 1.86. The molecule has 1 saturated carbocycles. The topological polar surface area (TPSA) is 38.7 Å². The van der Waals surface area contributed by atoms with E-state index in [0.717, 1.165) is 0 Å². The number of halogens is 4. The van der Waals surface area contributed by atoms with Crippen molar-refractivity contribution in [2.75, 3.05) is 13.2 Å². The van der Waals surface area contributed by atoms with E-state index in [1.54, 1.807) is 12.1 Å². The van der Waals surface area contributed by atoms with E-state index in [1.807, 2.05) is 0 Å². The van der Waals surface area contributed by atoms with Gasteiger partial charge in [-0.05, 0) is 30.9 Å². The molecule has 1 aromatic carbocycles. The van der Waals surface area contributed by atoms with E-state index < -0.39 is 29.4 Å². The zero-order valence-electron chi connectivity index (χ0n) is 13.0. The van der Waals surface area contributed by atoms with Gasteiger partial charge in [-0.15, -0.1) is 0 Å². The maximum absolute atomic E-state index is 13.7. The molecule has 2 spiro atoms. The van der Waals surface area contributed by atoms with E-state index in [4.69, 9.17) is 21.1 Å². The van der Waals surface area contributed by atoms with Crippen LogP contribution >= 0.6 is 11.6 Å². The van der Waals surface area contributed by atoms with Gasteiger partial charge < -0.3 is 14.6 Å². The van der Waals surface area contributed by atoms with Crippen LogP contribution in [-0.2, 0) is 20.5 Å². The van der Waals surface area contributed by atoms with Crippen molar-refractivity contribution in [3.05, 3.63) is 34.3 Å². The van der Waals surface area contributed by atoms with Gasteiger partial charge in [-0.25, -0.2) is 0 Å². The van der Waals surface area contributed by atoms with Gasteiger partial charge in [0, 0.05) is 28.8 Å². The molecule has 1 unspecified atom stereocenters. The highest BCUT2D eigenvalue weighted by atomic mass is 35.5. The third-order valence-corrected chi connectivity index (χ3v) is 6.01. The second-order valence-corrected chi connectivity index (χ2v) is 7.52. The normalized spacial score (nSPS) is 34.9. The molecule has 0 aromatic heterocycles. The molecule has 2 aliphatic carbocycles. The van der Waals surface area contributed by atoms with Crippen molar-refractivity contribution in [2.24, 2.45) is 0 Å². The molecule has 2 atom stereocenters. The van der Waals surface area contributed by atoms with Crippen molar-refractivity contribution in [1.29, 1.82) is 0 Å². The van der Waals surface area contributed by atoms with Crippen LogP contribution in [0.25, 0.3) is 0 Å². The number of fused-ring (bicyclic) bond motifs is 2. The lowest BCUT2D eigenvalue weighted by molar-refractivity contribution is -0.273. The Labute approximate surface area is 142 Å². The first kappa shape index (κ1) is 16.6. The first-order valence-electron chi connectivity index (χ1n) is 8.08. The fraction of sp³-hybridized carbons (Fsp3) is 0.647. The summed E-state index contributed by atoms with van der Waals surface area (Å²) in [5.41, 5.74) is -3.49. The first-order chi connectivity index (χ1) is 11.2. The third kappa shape index (κ3) is 2.16. The minimum absolute atomic E-state index is 0.0444. The largest absolute Gasteiger partial charge is 0.421 e. The highest BCUT2D eigenvalue weighted by molar-refractivity contribution is 6.31. The Bertz CT molecular complexity index is 672. The van der Waals surface area contributed by atoms with Crippen molar-refractivity contribution in [1.82, 2.24) is 0 Å². The van der Waals surface area contributed by atoms with Crippen LogP contribution in [0.2, 0.25) is 5.02 Å². The molecule has 1 heterocycles. The zero-order valence-corrected chi connectivity index (χ0v) is 13.7. The minimum Gasteiger partial charge on any atom is -0.376 e. The lowest BCUT2D eigenvalue weighted by atomic mass is 9.67. The summed E-state index contributed by atoms with van der Waals surface area (Å²) < 4.78 is 52.7. The molecule has 1 aromatic rings.